The first kappa shape index (κ1) is 22.4. The van der Waals surface area contributed by atoms with Gasteiger partial charge in [0.2, 0.25) is 5.95 Å². The van der Waals surface area contributed by atoms with Gasteiger partial charge in [0, 0.05) is 43.1 Å². The first-order chi connectivity index (χ1) is 16.1. The van der Waals surface area contributed by atoms with E-state index in [4.69, 9.17) is 0 Å². The van der Waals surface area contributed by atoms with Crippen molar-refractivity contribution in [1.29, 1.82) is 0 Å². The quantitative estimate of drug-likeness (QED) is 0.389. The van der Waals surface area contributed by atoms with Crippen LogP contribution in [0.5, 0.6) is 0 Å². The van der Waals surface area contributed by atoms with Gasteiger partial charge in [-0.2, -0.15) is 4.98 Å². The van der Waals surface area contributed by atoms with E-state index in [-0.39, 0.29) is 17.7 Å². The van der Waals surface area contributed by atoms with Crippen molar-refractivity contribution in [2.45, 2.75) is 6.92 Å². The molecular weight excluding hydrogens is 423 g/mol. The predicted molar refractivity (Wildman–Crippen MR) is 127 cm³/mol. The van der Waals surface area contributed by atoms with Crippen LogP contribution in [-0.4, -0.2) is 53.5 Å². The minimum atomic E-state index is -0.663. The van der Waals surface area contributed by atoms with Crippen molar-refractivity contribution in [2.75, 3.05) is 48.4 Å². The number of carbonyl (C=O) groups excluding carboxylic acids is 1. The van der Waals surface area contributed by atoms with Crippen LogP contribution in [0, 0.1) is 5.82 Å². The summed E-state index contributed by atoms with van der Waals surface area (Å²) in [5, 5.41) is 3.07. The molecular formula is C23H27FN8O. The second-order valence-electron chi connectivity index (χ2n) is 7.55. The molecule has 33 heavy (non-hydrogen) atoms. The van der Waals surface area contributed by atoms with Crippen molar-refractivity contribution in [1.82, 2.24) is 25.8 Å². The largest absolute Gasteiger partial charge is 0.369 e. The van der Waals surface area contributed by atoms with Crippen LogP contribution < -0.4 is 26.6 Å². The van der Waals surface area contributed by atoms with Gasteiger partial charge in [0.05, 0.1) is 6.20 Å². The Balaban J connectivity index is 1.32. The van der Waals surface area contributed by atoms with Crippen LogP contribution in [0.25, 0.3) is 0 Å². The molecule has 1 fully saturated rings. The summed E-state index contributed by atoms with van der Waals surface area (Å²) in [5.74, 6) is -0.915. The molecule has 0 radical (unpaired) electrons. The number of hydrazine groups is 2. The monoisotopic (exact) mass is 450 g/mol. The number of hydrogen-bond acceptors (Lipinski definition) is 8. The van der Waals surface area contributed by atoms with Gasteiger partial charge in [-0.3, -0.25) is 15.6 Å². The molecule has 2 heterocycles. The van der Waals surface area contributed by atoms with Crippen LogP contribution in [0.15, 0.2) is 60.8 Å². The average Bonchev–Trinajstić information content (AvgIpc) is 2.87. The second kappa shape index (κ2) is 10.7. The number of halogens is 1. The molecule has 0 saturated carbocycles. The van der Waals surface area contributed by atoms with E-state index in [1.54, 1.807) is 24.3 Å². The minimum Gasteiger partial charge on any atom is -0.369 e. The molecule has 172 valence electrons. The molecule has 0 aliphatic carbocycles. The smallest absolute Gasteiger partial charge is 0.266 e. The van der Waals surface area contributed by atoms with Crippen molar-refractivity contribution < 1.29 is 9.18 Å². The van der Waals surface area contributed by atoms with E-state index in [2.05, 4.69) is 48.4 Å². The van der Waals surface area contributed by atoms with Gasteiger partial charge in [-0.15, -0.1) is 5.53 Å². The van der Waals surface area contributed by atoms with E-state index >= 15 is 0 Å². The van der Waals surface area contributed by atoms with Crippen LogP contribution in [0.2, 0.25) is 0 Å². The maximum Gasteiger partial charge on any atom is 0.266 e. The summed E-state index contributed by atoms with van der Waals surface area (Å²) in [7, 11) is 0. The molecule has 1 saturated heterocycles. The first-order valence-corrected chi connectivity index (χ1v) is 10.9. The van der Waals surface area contributed by atoms with Crippen LogP contribution in [0.1, 0.15) is 17.3 Å². The molecule has 9 nitrogen and oxygen atoms in total. The van der Waals surface area contributed by atoms with E-state index < -0.39 is 5.82 Å². The number of nitrogens with one attached hydrogen (secondary N) is 4. The van der Waals surface area contributed by atoms with Crippen molar-refractivity contribution >= 4 is 29.0 Å². The number of nitrogens with zero attached hydrogens (tertiary/aromatic N) is 4. The molecule has 4 rings (SSSR count). The third-order valence-corrected chi connectivity index (χ3v) is 5.45. The maximum absolute atomic E-state index is 14.1. The molecule has 2 aromatic carbocycles. The molecule has 10 heteroatoms. The van der Waals surface area contributed by atoms with Crippen molar-refractivity contribution in [2.24, 2.45) is 0 Å². The molecule has 1 amide bonds. The number of anilines is 4. The van der Waals surface area contributed by atoms with E-state index in [9.17, 15) is 9.18 Å². The normalized spacial score (nSPS) is 14.1. The highest BCUT2D eigenvalue weighted by atomic mass is 19.1. The van der Waals surface area contributed by atoms with E-state index in [0.717, 1.165) is 50.3 Å². The van der Waals surface area contributed by atoms with Gasteiger partial charge in [-0.1, -0.05) is 25.1 Å². The van der Waals surface area contributed by atoms with Crippen molar-refractivity contribution in [3.63, 3.8) is 0 Å². The van der Waals surface area contributed by atoms with Gasteiger partial charge in [-0.05, 0) is 42.9 Å². The molecule has 0 bridgehead atoms. The van der Waals surface area contributed by atoms with Gasteiger partial charge in [0.15, 0.2) is 11.6 Å². The summed E-state index contributed by atoms with van der Waals surface area (Å²) in [6.07, 6.45) is 1.06. The summed E-state index contributed by atoms with van der Waals surface area (Å²) >= 11 is 0. The lowest BCUT2D eigenvalue weighted by Gasteiger charge is -2.35. The summed E-state index contributed by atoms with van der Waals surface area (Å²) in [5.41, 5.74) is 9.86. The molecule has 4 N–H and O–H groups in total. The van der Waals surface area contributed by atoms with E-state index in [1.165, 1.54) is 0 Å². The van der Waals surface area contributed by atoms with Gasteiger partial charge in [-0.25, -0.2) is 9.37 Å². The zero-order valence-corrected chi connectivity index (χ0v) is 18.4. The highest BCUT2D eigenvalue weighted by Gasteiger charge is 2.16. The number of likely N-dealkylation sites (N-methyl/N-ethyl adjacent to an activating group) is 1. The fourth-order valence-electron chi connectivity index (χ4n) is 3.53. The number of hydrogen-bond donors (Lipinski definition) is 4. The standard InChI is InChI=1S/C23H27FN8O/c1-2-31-12-14-32(15-13-31)19-10-8-18(9-11-19)26-23-25-16-20(24)21(27-23)28-30-29-22(33)17-6-4-3-5-7-17/h3-11,16,30H,2,12-15H2,1H3,(H,29,33)(H2,25,26,27,28). The molecule has 3 aromatic rings. The average molecular weight is 451 g/mol. The van der Waals surface area contributed by atoms with Crippen LogP contribution in [0.4, 0.5) is 27.5 Å². The summed E-state index contributed by atoms with van der Waals surface area (Å²) in [6.45, 7) is 7.41. The number of carbonyl (C=O) groups is 1. The SMILES string of the molecule is CCN1CCN(c2ccc(Nc3ncc(F)c(NNNC(=O)c4ccccc4)n3)cc2)CC1. The number of benzene rings is 2. The van der Waals surface area contributed by atoms with Gasteiger partial charge < -0.3 is 15.1 Å². The third kappa shape index (κ3) is 5.93. The van der Waals surface area contributed by atoms with Gasteiger partial charge in [0.1, 0.15) is 0 Å². The Bertz CT molecular complexity index is 1060. The van der Waals surface area contributed by atoms with E-state index in [0.29, 0.717) is 5.56 Å². The highest BCUT2D eigenvalue weighted by molar-refractivity contribution is 5.93. The number of piperazine rings is 1. The Morgan fingerprint density at radius 1 is 1.03 bits per heavy atom. The van der Waals surface area contributed by atoms with Crippen LogP contribution in [0.3, 0.4) is 0 Å². The Morgan fingerprint density at radius 3 is 2.45 bits per heavy atom. The highest BCUT2D eigenvalue weighted by Crippen LogP contribution is 2.22. The minimum absolute atomic E-state index is 0.105. The van der Waals surface area contributed by atoms with Crippen LogP contribution in [-0.2, 0) is 0 Å². The summed E-state index contributed by atoms with van der Waals surface area (Å²) in [4.78, 5) is 25.0. The lowest BCUT2D eigenvalue weighted by Crippen LogP contribution is -2.46. The molecule has 1 aromatic heterocycles. The lowest BCUT2D eigenvalue weighted by molar-refractivity contribution is 0.0937. The zero-order valence-electron chi connectivity index (χ0n) is 18.4. The summed E-state index contributed by atoms with van der Waals surface area (Å²) < 4.78 is 14.1. The fourth-order valence-corrected chi connectivity index (χ4v) is 3.53. The number of aromatic nitrogens is 2. The first-order valence-electron chi connectivity index (χ1n) is 10.9. The van der Waals surface area contributed by atoms with Crippen molar-refractivity contribution in [3.8, 4) is 0 Å². The molecule has 1 aliphatic rings. The maximum atomic E-state index is 14.1. The Labute approximate surface area is 192 Å². The molecule has 0 spiro atoms. The predicted octanol–water partition coefficient (Wildman–Crippen LogP) is 2.76. The third-order valence-electron chi connectivity index (χ3n) is 5.45. The topological polar surface area (TPSA) is 97.5 Å². The zero-order chi connectivity index (χ0) is 23.0. The van der Waals surface area contributed by atoms with Gasteiger partial charge >= 0.3 is 0 Å². The van der Waals surface area contributed by atoms with Crippen molar-refractivity contribution in [3.05, 3.63) is 72.2 Å². The Kier molecular flexibility index (Phi) is 7.28. The second-order valence-corrected chi connectivity index (χ2v) is 7.55. The van der Waals surface area contributed by atoms with Gasteiger partial charge in [0.25, 0.3) is 5.91 Å². The van der Waals surface area contributed by atoms with E-state index in [1.807, 2.05) is 30.3 Å². The lowest BCUT2D eigenvalue weighted by atomic mass is 10.2. The fraction of sp³-hybridized carbons (Fsp3) is 0.261. The number of rotatable bonds is 8. The Hall–Kier alpha value is -3.76. The Morgan fingerprint density at radius 2 is 1.76 bits per heavy atom. The summed E-state index contributed by atoms with van der Waals surface area (Å²) in [6, 6.07) is 16.6. The van der Waals surface area contributed by atoms with Crippen LogP contribution >= 0.6 is 0 Å². The molecule has 0 unspecified atom stereocenters. The molecule has 1 aliphatic heterocycles. The molecule has 0 atom stereocenters. The number of amides is 1.